The average Bonchev–Trinajstić information content (AvgIpc) is 3.03. The van der Waals surface area contributed by atoms with Crippen LogP contribution in [0.15, 0.2) is 24.3 Å². The van der Waals surface area contributed by atoms with Crippen LogP contribution >= 0.6 is 0 Å². The lowest BCUT2D eigenvalue weighted by molar-refractivity contribution is -0.135. The molecule has 7 heteroatoms. The van der Waals surface area contributed by atoms with Crippen LogP contribution < -0.4 is 5.32 Å². The lowest BCUT2D eigenvalue weighted by Crippen LogP contribution is -2.42. The standard InChI is InChI=1S/C20H28N4O3/c1-15(2)20(26)21-9-5-8-18-22-16-6-3-4-7-17(16)24(18)14-19(25)23-10-12-27-13-11-23/h3-4,6-7,15H,5,8-14H2,1-2H3,(H,21,26). The van der Waals surface area contributed by atoms with Crippen molar-refractivity contribution in [2.45, 2.75) is 33.2 Å². The van der Waals surface area contributed by atoms with Crippen molar-refractivity contribution < 1.29 is 14.3 Å². The molecule has 2 amide bonds. The number of fused-ring (bicyclic) bond motifs is 1. The van der Waals surface area contributed by atoms with Crippen molar-refractivity contribution in [3.05, 3.63) is 30.1 Å². The number of hydrogen-bond acceptors (Lipinski definition) is 4. The number of rotatable bonds is 7. The highest BCUT2D eigenvalue weighted by molar-refractivity contribution is 5.81. The number of ether oxygens (including phenoxy) is 1. The molecule has 0 radical (unpaired) electrons. The van der Waals surface area contributed by atoms with Gasteiger partial charge in [0.2, 0.25) is 11.8 Å². The number of carbonyl (C=O) groups excluding carboxylic acids is 2. The molecular formula is C20H28N4O3. The fourth-order valence-electron chi connectivity index (χ4n) is 3.20. The van der Waals surface area contributed by atoms with Gasteiger partial charge in [-0.1, -0.05) is 26.0 Å². The van der Waals surface area contributed by atoms with E-state index in [1.807, 2.05) is 47.6 Å². The topological polar surface area (TPSA) is 76.5 Å². The molecule has 2 heterocycles. The van der Waals surface area contributed by atoms with E-state index >= 15 is 0 Å². The molecular weight excluding hydrogens is 344 g/mol. The van der Waals surface area contributed by atoms with E-state index in [0.717, 1.165) is 23.3 Å². The molecule has 27 heavy (non-hydrogen) atoms. The van der Waals surface area contributed by atoms with Gasteiger partial charge < -0.3 is 19.5 Å². The number of aromatic nitrogens is 2. The second-order valence-corrected chi connectivity index (χ2v) is 7.15. The van der Waals surface area contributed by atoms with Crippen molar-refractivity contribution in [2.24, 2.45) is 5.92 Å². The molecule has 1 N–H and O–H groups in total. The molecule has 3 rings (SSSR count). The predicted molar refractivity (Wildman–Crippen MR) is 103 cm³/mol. The average molecular weight is 372 g/mol. The maximum absolute atomic E-state index is 12.7. The number of benzene rings is 1. The fourth-order valence-corrected chi connectivity index (χ4v) is 3.20. The minimum Gasteiger partial charge on any atom is -0.378 e. The van der Waals surface area contributed by atoms with E-state index in [4.69, 9.17) is 9.72 Å². The van der Waals surface area contributed by atoms with Gasteiger partial charge in [-0.25, -0.2) is 4.98 Å². The van der Waals surface area contributed by atoms with Crippen LogP contribution in [0.4, 0.5) is 0 Å². The van der Waals surface area contributed by atoms with Crippen LogP contribution in [0, 0.1) is 5.92 Å². The number of carbonyl (C=O) groups is 2. The minimum absolute atomic E-state index is 0.0132. The molecule has 1 aromatic heterocycles. The Hall–Kier alpha value is -2.41. The Balaban J connectivity index is 1.69. The summed E-state index contributed by atoms with van der Waals surface area (Å²) in [7, 11) is 0. The van der Waals surface area contributed by atoms with Gasteiger partial charge in [-0.05, 0) is 18.6 Å². The highest BCUT2D eigenvalue weighted by atomic mass is 16.5. The predicted octanol–water partition coefficient (Wildman–Crippen LogP) is 1.60. The Morgan fingerprint density at radius 3 is 2.70 bits per heavy atom. The molecule has 1 aliphatic rings. The van der Waals surface area contributed by atoms with Gasteiger partial charge in [-0.15, -0.1) is 0 Å². The van der Waals surface area contributed by atoms with Gasteiger partial charge in [0.25, 0.3) is 0 Å². The highest BCUT2D eigenvalue weighted by Crippen LogP contribution is 2.18. The zero-order valence-electron chi connectivity index (χ0n) is 16.1. The van der Waals surface area contributed by atoms with E-state index in [2.05, 4.69) is 5.32 Å². The summed E-state index contributed by atoms with van der Waals surface area (Å²) in [6, 6.07) is 7.89. The van der Waals surface area contributed by atoms with Crippen LogP contribution in [0.25, 0.3) is 11.0 Å². The SMILES string of the molecule is CC(C)C(=O)NCCCc1nc2ccccc2n1CC(=O)N1CCOCC1. The summed E-state index contributed by atoms with van der Waals surface area (Å²) >= 11 is 0. The number of amides is 2. The number of aryl methyl sites for hydroxylation is 1. The maximum Gasteiger partial charge on any atom is 0.242 e. The first-order valence-corrected chi connectivity index (χ1v) is 9.63. The largest absolute Gasteiger partial charge is 0.378 e. The van der Waals surface area contributed by atoms with Gasteiger partial charge in [-0.2, -0.15) is 0 Å². The molecule has 0 saturated carbocycles. The molecule has 1 aromatic carbocycles. The molecule has 0 bridgehead atoms. The van der Waals surface area contributed by atoms with E-state index in [1.54, 1.807) is 0 Å². The molecule has 0 atom stereocenters. The zero-order valence-corrected chi connectivity index (χ0v) is 16.1. The highest BCUT2D eigenvalue weighted by Gasteiger charge is 2.20. The Morgan fingerprint density at radius 1 is 1.22 bits per heavy atom. The van der Waals surface area contributed by atoms with Gasteiger partial charge in [0.1, 0.15) is 12.4 Å². The molecule has 146 valence electrons. The summed E-state index contributed by atoms with van der Waals surface area (Å²) < 4.78 is 7.34. The molecule has 1 saturated heterocycles. The number of nitrogens with one attached hydrogen (secondary N) is 1. The Kier molecular flexibility index (Phi) is 6.45. The van der Waals surface area contributed by atoms with Crippen LogP contribution in [0.2, 0.25) is 0 Å². The molecule has 1 fully saturated rings. The summed E-state index contributed by atoms with van der Waals surface area (Å²) in [6.07, 6.45) is 1.50. The van der Waals surface area contributed by atoms with Gasteiger partial charge in [0.05, 0.1) is 24.2 Å². The first-order valence-electron chi connectivity index (χ1n) is 9.63. The molecule has 0 unspecified atom stereocenters. The quantitative estimate of drug-likeness (QED) is 0.749. The number of morpholine rings is 1. The van der Waals surface area contributed by atoms with Crippen LogP contribution in [0.1, 0.15) is 26.1 Å². The number of nitrogens with zero attached hydrogens (tertiary/aromatic N) is 3. The summed E-state index contributed by atoms with van der Waals surface area (Å²) in [5, 5.41) is 2.93. The maximum atomic E-state index is 12.7. The third kappa shape index (κ3) is 4.86. The first kappa shape index (κ1) is 19.4. The van der Waals surface area contributed by atoms with Crippen molar-refractivity contribution in [2.75, 3.05) is 32.8 Å². The van der Waals surface area contributed by atoms with Crippen LogP contribution in [-0.4, -0.2) is 59.1 Å². The van der Waals surface area contributed by atoms with Gasteiger partial charge in [0, 0.05) is 32.0 Å². The van der Waals surface area contributed by atoms with Crippen LogP contribution in [0.3, 0.4) is 0 Å². The lowest BCUT2D eigenvalue weighted by Gasteiger charge is -2.27. The van der Waals surface area contributed by atoms with Crippen LogP contribution in [0.5, 0.6) is 0 Å². The molecule has 2 aromatic rings. The molecule has 7 nitrogen and oxygen atoms in total. The van der Waals surface area contributed by atoms with Crippen molar-refractivity contribution >= 4 is 22.8 Å². The number of para-hydroxylation sites is 2. The van der Waals surface area contributed by atoms with Crippen molar-refractivity contribution in [3.8, 4) is 0 Å². The van der Waals surface area contributed by atoms with E-state index in [0.29, 0.717) is 39.3 Å². The summed E-state index contributed by atoms with van der Waals surface area (Å²) in [5.74, 6) is 1.03. The normalized spacial score (nSPS) is 14.7. The number of hydrogen-bond donors (Lipinski definition) is 1. The van der Waals surface area contributed by atoms with E-state index in [9.17, 15) is 9.59 Å². The van der Waals surface area contributed by atoms with Crippen LogP contribution in [-0.2, 0) is 27.3 Å². The lowest BCUT2D eigenvalue weighted by atomic mass is 10.2. The fraction of sp³-hybridized carbons (Fsp3) is 0.550. The Morgan fingerprint density at radius 2 is 1.96 bits per heavy atom. The third-order valence-electron chi connectivity index (χ3n) is 4.79. The minimum atomic E-state index is -0.0132. The van der Waals surface area contributed by atoms with Crippen molar-refractivity contribution in [1.82, 2.24) is 19.8 Å². The van der Waals surface area contributed by atoms with E-state index in [-0.39, 0.29) is 24.3 Å². The molecule has 0 aliphatic carbocycles. The Bertz CT molecular complexity index is 794. The summed E-state index contributed by atoms with van der Waals surface area (Å²) in [4.78, 5) is 31.0. The first-order chi connectivity index (χ1) is 13.1. The second kappa shape index (κ2) is 8.99. The molecule has 1 aliphatic heterocycles. The summed E-state index contributed by atoms with van der Waals surface area (Å²) in [6.45, 7) is 7.13. The van der Waals surface area contributed by atoms with Crippen molar-refractivity contribution in [1.29, 1.82) is 0 Å². The van der Waals surface area contributed by atoms with Gasteiger partial charge in [-0.3, -0.25) is 9.59 Å². The number of imidazole rings is 1. The van der Waals surface area contributed by atoms with E-state index in [1.165, 1.54) is 0 Å². The third-order valence-corrected chi connectivity index (χ3v) is 4.79. The molecule has 0 spiro atoms. The Labute approximate surface area is 159 Å². The van der Waals surface area contributed by atoms with Crippen molar-refractivity contribution in [3.63, 3.8) is 0 Å². The smallest absolute Gasteiger partial charge is 0.242 e. The second-order valence-electron chi connectivity index (χ2n) is 7.15. The van der Waals surface area contributed by atoms with E-state index < -0.39 is 0 Å². The zero-order chi connectivity index (χ0) is 19.2. The van der Waals surface area contributed by atoms with Gasteiger partial charge in [0.15, 0.2) is 0 Å². The monoisotopic (exact) mass is 372 g/mol. The summed E-state index contributed by atoms with van der Waals surface area (Å²) in [5.41, 5.74) is 1.87. The van der Waals surface area contributed by atoms with Gasteiger partial charge >= 0.3 is 0 Å².